The maximum absolute atomic E-state index is 12.0. The number of hydrazone groups is 1. The SMILES string of the molecule is C/C(=N/NC(=O)c1n[nH]c2c1CCC2)c1cccs1. The molecule has 2 heterocycles. The zero-order valence-electron chi connectivity index (χ0n) is 10.6. The number of aryl methyl sites for hydroxylation is 1. The number of fused-ring (bicyclic) bond motifs is 1. The highest BCUT2D eigenvalue weighted by Gasteiger charge is 2.22. The zero-order valence-corrected chi connectivity index (χ0v) is 11.4. The number of rotatable bonds is 3. The Morgan fingerprint density at radius 3 is 3.21 bits per heavy atom. The van der Waals surface area contributed by atoms with Crippen LogP contribution >= 0.6 is 11.3 Å². The number of H-pyrrole nitrogens is 1. The van der Waals surface area contributed by atoms with Gasteiger partial charge in [0.25, 0.3) is 5.91 Å². The molecule has 0 atom stereocenters. The molecule has 0 fully saturated rings. The van der Waals surface area contributed by atoms with E-state index in [4.69, 9.17) is 0 Å². The van der Waals surface area contributed by atoms with E-state index in [1.165, 1.54) is 0 Å². The van der Waals surface area contributed by atoms with Gasteiger partial charge in [-0.2, -0.15) is 10.2 Å². The van der Waals surface area contributed by atoms with E-state index >= 15 is 0 Å². The molecule has 3 rings (SSSR count). The standard InChI is InChI=1S/C13H14N4OS/c1-8(11-6-3-7-19-11)14-17-13(18)12-9-4-2-5-10(9)15-16-12/h3,6-7H,2,4-5H2,1H3,(H,15,16)(H,17,18)/b14-8-. The molecule has 2 aromatic rings. The summed E-state index contributed by atoms with van der Waals surface area (Å²) in [6.45, 7) is 1.88. The average Bonchev–Trinajstić information content (AvgIpc) is 3.10. The number of thiophene rings is 1. The molecule has 5 nitrogen and oxygen atoms in total. The molecule has 1 aliphatic rings. The largest absolute Gasteiger partial charge is 0.292 e. The summed E-state index contributed by atoms with van der Waals surface area (Å²) in [5.74, 6) is -0.240. The van der Waals surface area contributed by atoms with Gasteiger partial charge in [0.2, 0.25) is 0 Å². The Bertz CT molecular complexity index is 627. The van der Waals surface area contributed by atoms with Crippen LogP contribution in [0.25, 0.3) is 0 Å². The highest BCUT2D eigenvalue weighted by atomic mass is 32.1. The van der Waals surface area contributed by atoms with Gasteiger partial charge in [-0.1, -0.05) is 6.07 Å². The van der Waals surface area contributed by atoms with Crippen molar-refractivity contribution in [3.05, 3.63) is 39.3 Å². The van der Waals surface area contributed by atoms with Crippen LogP contribution in [0.3, 0.4) is 0 Å². The fraction of sp³-hybridized carbons (Fsp3) is 0.308. The lowest BCUT2D eigenvalue weighted by Gasteiger charge is -2.00. The summed E-state index contributed by atoms with van der Waals surface area (Å²) in [4.78, 5) is 13.1. The molecule has 0 spiro atoms. The minimum Gasteiger partial charge on any atom is -0.281 e. The molecular formula is C13H14N4OS. The van der Waals surface area contributed by atoms with Crippen LogP contribution in [0.15, 0.2) is 22.6 Å². The predicted molar refractivity (Wildman–Crippen MR) is 74.6 cm³/mol. The molecule has 2 N–H and O–H groups in total. The maximum Gasteiger partial charge on any atom is 0.292 e. The molecule has 0 saturated heterocycles. The van der Waals surface area contributed by atoms with Gasteiger partial charge < -0.3 is 0 Å². The van der Waals surface area contributed by atoms with E-state index in [0.717, 1.165) is 41.1 Å². The van der Waals surface area contributed by atoms with Crippen molar-refractivity contribution in [3.8, 4) is 0 Å². The third-order valence-electron chi connectivity index (χ3n) is 3.22. The van der Waals surface area contributed by atoms with Crippen LogP contribution in [-0.4, -0.2) is 21.8 Å². The Kier molecular flexibility index (Phi) is 3.16. The summed E-state index contributed by atoms with van der Waals surface area (Å²) in [5.41, 5.74) is 5.99. The van der Waals surface area contributed by atoms with Gasteiger partial charge in [-0.3, -0.25) is 9.89 Å². The number of aromatic nitrogens is 2. The minimum absolute atomic E-state index is 0.240. The third-order valence-corrected chi connectivity index (χ3v) is 4.20. The average molecular weight is 274 g/mol. The van der Waals surface area contributed by atoms with Crippen molar-refractivity contribution >= 4 is 23.0 Å². The van der Waals surface area contributed by atoms with E-state index in [1.54, 1.807) is 11.3 Å². The fourth-order valence-corrected chi connectivity index (χ4v) is 2.91. The highest BCUT2D eigenvalue weighted by molar-refractivity contribution is 7.12. The normalized spacial score (nSPS) is 14.5. The van der Waals surface area contributed by atoms with Crippen LogP contribution in [0.4, 0.5) is 0 Å². The fourth-order valence-electron chi connectivity index (χ4n) is 2.23. The van der Waals surface area contributed by atoms with Crippen molar-refractivity contribution in [3.63, 3.8) is 0 Å². The molecule has 6 heteroatoms. The quantitative estimate of drug-likeness (QED) is 0.665. The second-order valence-electron chi connectivity index (χ2n) is 4.50. The molecule has 0 radical (unpaired) electrons. The lowest BCUT2D eigenvalue weighted by atomic mass is 10.2. The van der Waals surface area contributed by atoms with E-state index in [-0.39, 0.29) is 5.91 Å². The number of carbonyl (C=O) groups excluding carboxylic acids is 1. The first-order valence-electron chi connectivity index (χ1n) is 6.20. The number of aromatic amines is 1. The molecule has 0 bridgehead atoms. The van der Waals surface area contributed by atoms with Crippen LogP contribution in [0.1, 0.15) is 40.0 Å². The minimum atomic E-state index is -0.240. The first-order valence-corrected chi connectivity index (χ1v) is 7.08. The molecular weight excluding hydrogens is 260 g/mol. The summed E-state index contributed by atoms with van der Waals surface area (Å²) in [5, 5.41) is 13.1. The van der Waals surface area contributed by atoms with Gasteiger partial charge in [0.05, 0.1) is 5.71 Å². The van der Waals surface area contributed by atoms with Crippen LogP contribution in [0.2, 0.25) is 0 Å². The third kappa shape index (κ3) is 2.31. The van der Waals surface area contributed by atoms with Crippen LogP contribution < -0.4 is 5.43 Å². The number of hydrogen-bond donors (Lipinski definition) is 2. The summed E-state index contributed by atoms with van der Waals surface area (Å²) >= 11 is 1.60. The van der Waals surface area contributed by atoms with Crippen molar-refractivity contribution in [2.75, 3.05) is 0 Å². The lowest BCUT2D eigenvalue weighted by molar-refractivity contribution is 0.0949. The van der Waals surface area contributed by atoms with Crippen LogP contribution in [0, 0.1) is 0 Å². The lowest BCUT2D eigenvalue weighted by Crippen LogP contribution is -2.20. The second-order valence-corrected chi connectivity index (χ2v) is 5.45. The van der Waals surface area contributed by atoms with Crippen LogP contribution in [0.5, 0.6) is 0 Å². The van der Waals surface area contributed by atoms with E-state index in [0.29, 0.717) is 5.69 Å². The molecule has 2 aromatic heterocycles. The van der Waals surface area contributed by atoms with E-state index in [1.807, 2.05) is 24.4 Å². The smallest absolute Gasteiger partial charge is 0.281 e. The van der Waals surface area contributed by atoms with Gasteiger partial charge in [-0.25, -0.2) is 5.43 Å². The summed E-state index contributed by atoms with van der Waals surface area (Å²) in [7, 11) is 0. The first-order chi connectivity index (χ1) is 9.25. The molecule has 0 saturated carbocycles. The summed E-state index contributed by atoms with van der Waals surface area (Å²) in [6, 6.07) is 3.93. The van der Waals surface area contributed by atoms with Gasteiger partial charge in [0.15, 0.2) is 5.69 Å². The van der Waals surface area contributed by atoms with Gasteiger partial charge in [0.1, 0.15) is 0 Å². The Labute approximate surface area is 114 Å². The molecule has 1 amide bonds. The Morgan fingerprint density at radius 2 is 2.42 bits per heavy atom. The van der Waals surface area contributed by atoms with Crippen molar-refractivity contribution in [2.45, 2.75) is 26.2 Å². The second kappa shape index (κ2) is 4.97. The molecule has 0 unspecified atom stereocenters. The van der Waals surface area contributed by atoms with Gasteiger partial charge in [-0.15, -0.1) is 11.3 Å². The Balaban J connectivity index is 1.73. The van der Waals surface area contributed by atoms with Gasteiger partial charge >= 0.3 is 0 Å². The molecule has 0 aliphatic heterocycles. The van der Waals surface area contributed by atoms with Crippen molar-refractivity contribution < 1.29 is 4.79 Å². The van der Waals surface area contributed by atoms with Crippen molar-refractivity contribution in [1.82, 2.24) is 15.6 Å². The maximum atomic E-state index is 12.0. The van der Waals surface area contributed by atoms with Crippen molar-refractivity contribution in [1.29, 1.82) is 0 Å². The van der Waals surface area contributed by atoms with Crippen LogP contribution in [-0.2, 0) is 12.8 Å². The first kappa shape index (κ1) is 12.1. The summed E-state index contributed by atoms with van der Waals surface area (Å²) < 4.78 is 0. The van der Waals surface area contributed by atoms with E-state index in [2.05, 4.69) is 20.7 Å². The predicted octanol–water partition coefficient (Wildman–Crippen LogP) is 2.11. The topological polar surface area (TPSA) is 70.1 Å². The molecule has 1 aliphatic carbocycles. The zero-order chi connectivity index (χ0) is 13.2. The summed E-state index contributed by atoms with van der Waals surface area (Å²) in [6.07, 6.45) is 2.98. The van der Waals surface area contributed by atoms with E-state index < -0.39 is 0 Å². The Morgan fingerprint density at radius 1 is 1.53 bits per heavy atom. The number of hydrogen-bond acceptors (Lipinski definition) is 4. The number of amides is 1. The monoisotopic (exact) mass is 274 g/mol. The number of nitrogens with one attached hydrogen (secondary N) is 2. The number of carbonyl (C=O) groups is 1. The molecule has 19 heavy (non-hydrogen) atoms. The highest BCUT2D eigenvalue weighted by Crippen LogP contribution is 2.22. The van der Waals surface area contributed by atoms with Crippen molar-refractivity contribution in [2.24, 2.45) is 5.10 Å². The molecule has 0 aromatic carbocycles. The van der Waals surface area contributed by atoms with Gasteiger partial charge in [0, 0.05) is 16.1 Å². The van der Waals surface area contributed by atoms with E-state index in [9.17, 15) is 4.79 Å². The number of nitrogens with zero attached hydrogens (tertiary/aromatic N) is 2. The Hall–Kier alpha value is -1.95. The van der Waals surface area contributed by atoms with Gasteiger partial charge in [-0.05, 0) is 37.6 Å². The molecule has 98 valence electrons.